The van der Waals surface area contributed by atoms with Crippen LogP contribution in [0.3, 0.4) is 0 Å². The Morgan fingerprint density at radius 1 is 0.909 bits per heavy atom. The number of ether oxygens (including phenoxy) is 1. The van der Waals surface area contributed by atoms with Crippen molar-refractivity contribution < 1.29 is 4.74 Å². The van der Waals surface area contributed by atoms with E-state index in [-0.39, 0.29) is 5.56 Å². The number of halogens is 1. The van der Waals surface area contributed by atoms with Crippen molar-refractivity contribution in [2.24, 2.45) is 7.05 Å². The van der Waals surface area contributed by atoms with Crippen LogP contribution in [0, 0.1) is 0 Å². The second-order valence-corrected chi connectivity index (χ2v) is 5.68. The summed E-state index contributed by atoms with van der Waals surface area (Å²) in [4.78, 5) is 11.4. The normalized spacial score (nSPS) is 10.5. The third-order valence-electron chi connectivity index (χ3n) is 3.16. The van der Waals surface area contributed by atoms with Crippen molar-refractivity contribution in [1.29, 1.82) is 0 Å². The molecule has 0 aliphatic rings. The van der Waals surface area contributed by atoms with Crippen LogP contribution in [-0.4, -0.2) is 9.78 Å². The minimum absolute atomic E-state index is 0.126. The van der Waals surface area contributed by atoms with E-state index in [0.717, 1.165) is 27.2 Å². The number of hydrogen-bond donors (Lipinski definition) is 0. The van der Waals surface area contributed by atoms with Crippen LogP contribution in [0.4, 0.5) is 0 Å². The first-order chi connectivity index (χ1) is 10.6. The summed E-state index contributed by atoms with van der Waals surface area (Å²) in [5.41, 5.74) is 1.55. The summed E-state index contributed by atoms with van der Waals surface area (Å²) in [5, 5.41) is 4.22. The first-order valence-corrected chi connectivity index (χ1v) is 7.49. The first-order valence-electron chi connectivity index (χ1n) is 6.70. The van der Waals surface area contributed by atoms with Gasteiger partial charge in [-0.1, -0.05) is 15.9 Å². The number of nitrogens with zero attached hydrogens (tertiary/aromatic N) is 2. The van der Waals surface area contributed by atoms with E-state index < -0.39 is 0 Å². The molecule has 3 rings (SSSR count). The first kappa shape index (κ1) is 14.5. The van der Waals surface area contributed by atoms with E-state index in [4.69, 9.17) is 4.74 Å². The van der Waals surface area contributed by atoms with Crippen molar-refractivity contribution in [2.45, 2.75) is 0 Å². The SMILES string of the molecule is Cn1nc(-c2ccc(Oc3ccc(Br)cc3)cc2)ccc1=O. The fourth-order valence-corrected chi connectivity index (χ4v) is 2.25. The van der Waals surface area contributed by atoms with Crippen molar-refractivity contribution in [3.63, 3.8) is 0 Å². The molecular formula is C17H13BrN2O2. The molecule has 0 saturated carbocycles. The van der Waals surface area contributed by atoms with Gasteiger partial charge in [-0.2, -0.15) is 5.10 Å². The zero-order valence-corrected chi connectivity index (χ0v) is 13.4. The monoisotopic (exact) mass is 356 g/mol. The number of benzene rings is 2. The van der Waals surface area contributed by atoms with Crippen molar-refractivity contribution >= 4 is 15.9 Å². The lowest BCUT2D eigenvalue weighted by molar-refractivity contribution is 0.482. The van der Waals surface area contributed by atoms with Gasteiger partial charge in [-0.25, -0.2) is 4.68 Å². The van der Waals surface area contributed by atoms with Crippen LogP contribution in [0.15, 0.2) is 69.9 Å². The largest absolute Gasteiger partial charge is 0.457 e. The number of aryl methyl sites for hydroxylation is 1. The van der Waals surface area contributed by atoms with E-state index in [1.165, 1.54) is 10.7 Å². The highest BCUT2D eigenvalue weighted by atomic mass is 79.9. The van der Waals surface area contributed by atoms with Gasteiger partial charge in [-0.05, 0) is 54.6 Å². The average molecular weight is 357 g/mol. The molecule has 0 amide bonds. The molecule has 0 unspecified atom stereocenters. The predicted octanol–water partition coefficient (Wildman–Crippen LogP) is 4.00. The lowest BCUT2D eigenvalue weighted by Crippen LogP contribution is -2.18. The van der Waals surface area contributed by atoms with Crippen LogP contribution < -0.4 is 10.3 Å². The summed E-state index contributed by atoms with van der Waals surface area (Å²) in [6, 6.07) is 18.5. The van der Waals surface area contributed by atoms with Gasteiger partial charge in [-0.3, -0.25) is 4.79 Å². The Balaban J connectivity index is 1.81. The van der Waals surface area contributed by atoms with Gasteiger partial charge in [0.2, 0.25) is 0 Å². The molecule has 1 aromatic heterocycles. The van der Waals surface area contributed by atoms with Gasteiger partial charge in [0.1, 0.15) is 11.5 Å². The minimum Gasteiger partial charge on any atom is -0.457 e. The summed E-state index contributed by atoms with van der Waals surface area (Å²) in [7, 11) is 1.64. The standard InChI is InChI=1S/C17H13BrN2O2/c1-20-17(21)11-10-16(19-20)12-2-6-14(7-3-12)22-15-8-4-13(18)5-9-15/h2-11H,1H3. The molecule has 0 aliphatic heterocycles. The lowest BCUT2D eigenvalue weighted by atomic mass is 10.1. The Hall–Kier alpha value is -2.40. The summed E-state index contributed by atoms with van der Waals surface area (Å²) in [5.74, 6) is 1.52. The third kappa shape index (κ3) is 3.26. The highest BCUT2D eigenvalue weighted by molar-refractivity contribution is 9.10. The molecule has 0 N–H and O–H groups in total. The van der Waals surface area contributed by atoms with E-state index in [2.05, 4.69) is 21.0 Å². The second-order valence-electron chi connectivity index (χ2n) is 4.76. The summed E-state index contributed by atoms with van der Waals surface area (Å²) < 4.78 is 8.10. The maximum absolute atomic E-state index is 11.4. The Kier molecular flexibility index (Phi) is 4.06. The van der Waals surface area contributed by atoms with Crippen LogP contribution >= 0.6 is 15.9 Å². The van der Waals surface area contributed by atoms with E-state index in [9.17, 15) is 4.79 Å². The van der Waals surface area contributed by atoms with Gasteiger partial charge in [0.25, 0.3) is 5.56 Å². The van der Waals surface area contributed by atoms with Crippen molar-refractivity contribution in [3.05, 3.63) is 75.5 Å². The number of hydrogen-bond acceptors (Lipinski definition) is 3. The smallest absolute Gasteiger partial charge is 0.266 e. The molecule has 3 aromatic rings. The maximum atomic E-state index is 11.4. The number of rotatable bonds is 3. The Morgan fingerprint density at radius 3 is 2.09 bits per heavy atom. The second kappa shape index (κ2) is 6.15. The van der Waals surface area contributed by atoms with Gasteiger partial charge in [0.05, 0.1) is 5.69 Å². The van der Waals surface area contributed by atoms with E-state index in [0.29, 0.717) is 0 Å². The third-order valence-corrected chi connectivity index (χ3v) is 3.69. The highest BCUT2D eigenvalue weighted by Gasteiger charge is 2.03. The van der Waals surface area contributed by atoms with E-state index in [1.54, 1.807) is 13.1 Å². The van der Waals surface area contributed by atoms with Crippen molar-refractivity contribution in [1.82, 2.24) is 9.78 Å². The van der Waals surface area contributed by atoms with Crippen LogP contribution in [0.1, 0.15) is 0 Å². The molecule has 0 aliphatic carbocycles. The fraction of sp³-hybridized carbons (Fsp3) is 0.0588. The average Bonchev–Trinajstić information content (AvgIpc) is 2.53. The van der Waals surface area contributed by atoms with Crippen LogP contribution in [-0.2, 0) is 7.05 Å². The van der Waals surface area contributed by atoms with Crippen molar-refractivity contribution in [2.75, 3.05) is 0 Å². The van der Waals surface area contributed by atoms with Gasteiger partial charge >= 0.3 is 0 Å². The molecule has 0 spiro atoms. The molecule has 0 bridgehead atoms. The molecule has 22 heavy (non-hydrogen) atoms. The van der Waals surface area contributed by atoms with Crippen LogP contribution in [0.2, 0.25) is 0 Å². The van der Waals surface area contributed by atoms with Gasteiger partial charge in [0.15, 0.2) is 0 Å². The zero-order chi connectivity index (χ0) is 15.5. The molecule has 4 nitrogen and oxygen atoms in total. The molecule has 2 aromatic carbocycles. The lowest BCUT2D eigenvalue weighted by Gasteiger charge is -2.07. The van der Waals surface area contributed by atoms with Gasteiger partial charge in [-0.15, -0.1) is 0 Å². The Bertz CT molecular complexity index is 840. The molecule has 5 heteroatoms. The summed E-state index contributed by atoms with van der Waals surface area (Å²) >= 11 is 3.39. The summed E-state index contributed by atoms with van der Waals surface area (Å²) in [6.07, 6.45) is 0. The molecule has 0 atom stereocenters. The van der Waals surface area contributed by atoms with Gasteiger partial charge in [0, 0.05) is 23.2 Å². The maximum Gasteiger partial charge on any atom is 0.266 e. The Labute approximate surface area is 136 Å². The molecule has 0 saturated heterocycles. The highest BCUT2D eigenvalue weighted by Crippen LogP contribution is 2.25. The molecule has 1 heterocycles. The van der Waals surface area contributed by atoms with E-state index >= 15 is 0 Å². The fourth-order valence-electron chi connectivity index (χ4n) is 1.99. The minimum atomic E-state index is -0.126. The number of aromatic nitrogens is 2. The molecule has 110 valence electrons. The van der Waals surface area contributed by atoms with Crippen LogP contribution in [0.5, 0.6) is 11.5 Å². The van der Waals surface area contributed by atoms with E-state index in [1.807, 2.05) is 48.5 Å². The summed E-state index contributed by atoms with van der Waals surface area (Å²) in [6.45, 7) is 0. The molecule has 0 fully saturated rings. The predicted molar refractivity (Wildman–Crippen MR) is 89.1 cm³/mol. The zero-order valence-electron chi connectivity index (χ0n) is 11.9. The molecular weight excluding hydrogens is 344 g/mol. The molecule has 0 radical (unpaired) electrons. The topological polar surface area (TPSA) is 44.1 Å². The van der Waals surface area contributed by atoms with Gasteiger partial charge < -0.3 is 4.74 Å². The van der Waals surface area contributed by atoms with Crippen LogP contribution in [0.25, 0.3) is 11.3 Å². The van der Waals surface area contributed by atoms with Crippen molar-refractivity contribution in [3.8, 4) is 22.8 Å². The Morgan fingerprint density at radius 2 is 1.50 bits per heavy atom. The quantitative estimate of drug-likeness (QED) is 0.712.